The van der Waals surface area contributed by atoms with E-state index in [1.165, 1.54) is 0 Å². The van der Waals surface area contributed by atoms with Crippen LogP contribution in [-0.4, -0.2) is 101 Å². The molecule has 3 aliphatic rings. The van der Waals surface area contributed by atoms with Gasteiger partial charge in [-0.25, -0.2) is 0 Å². The first-order chi connectivity index (χ1) is 15.3. The van der Waals surface area contributed by atoms with Crippen LogP contribution in [0.2, 0.25) is 0 Å². The third kappa shape index (κ3) is 4.34. The Balaban J connectivity index is 1.38. The van der Waals surface area contributed by atoms with E-state index in [-0.39, 0.29) is 30.5 Å². The minimum Gasteiger partial charge on any atom is -0.480 e. The number of nitrogens with one attached hydrogen (secondary N) is 2. The molecule has 2 fully saturated rings. The molecule has 3 N–H and O–H groups in total. The number of imide groups is 2. The van der Waals surface area contributed by atoms with Crippen LogP contribution in [0.25, 0.3) is 0 Å². The van der Waals surface area contributed by atoms with Crippen LogP contribution >= 0.6 is 0 Å². The lowest BCUT2D eigenvalue weighted by atomic mass is 10.0. The van der Waals surface area contributed by atoms with Gasteiger partial charge in [0.2, 0.25) is 11.8 Å². The van der Waals surface area contributed by atoms with Gasteiger partial charge in [-0.05, 0) is 18.6 Å². The molecule has 32 heavy (non-hydrogen) atoms. The first kappa shape index (κ1) is 21.9. The van der Waals surface area contributed by atoms with Gasteiger partial charge in [-0.2, -0.15) is 0 Å². The summed E-state index contributed by atoms with van der Waals surface area (Å²) in [7, 11) is 0. The van der Waals surface area contributed by atoms with Crippen molar-refractivity contribution >= 4 is 35.3 Å². The zero-order valence-corrected chi connectivity index (χ0v) is 17.5. The number of nitrogens with zero attached hydrogens (tertiary/aromatic N) is 3. The van der Waals surface area contributed by atoms with E-state index < -0.39 is 35.6 Å². The number of aliphatic carboxylic acids is 1. The Morgan fingerprint density at radius 2 is 1.78 bits per heavy atom. The molecule has 0 saturated carbocycles. The number of piperazine rings is 1. The summed E-state index contributed by atoms with van der Waals surface area (Å²) in [5, 5.41) is 14.3. The van der Waals surface area contributed by atoms with Crippen LogP contribution in [-0.2, 0) is 14.4 Å². The van der Waals surface area contributed by atoms with Crippen molar-refractivity contribution in [1.29, 1.82) is 0 Å². The molecule has 11 nitrogen and oxygen atoms in total. The van der Waals surface area contributed by atoms with Gasteiger partial charge < -0.3 is 10.4 Å². The van der Waals surface area contributed by atoms with Crippen molar-refractivity contribution in [2.24, 2.45) is 0 Å². The molecule has 0 aromatic heterocycles. The van der Waals surface area contributed by atoms with Gasteiger partial charge in [0.1, 0.15) is 6.04 Å². The molecule has 1 aromatic rings. The number of amides is 4. The molecule has 2 saturated heterocycles. The van der Waals surface area contributed by atoms with Crippen molar-refractivity contribution in [2.45, 2.75) is 18.9 Å². The number of carbonyl (C=O) groups excluding carboxylic acids is 4. The Bertz CT molecular complexity index is 971. The van der Waals surface area contributed by atoms with Gasteiger partial charge in [0.15, 0.2) is 0 Å². The van der Waals surface area contributed by atoms with Crippen molar-refractivity contribution in [3.63, 3.8) is 0 Å². The highest BCUT2D eigenvalue weighted by atomic mass is 16.4. The summed E-state index contributed by atoms with van der Waals surface area (Å²) in [5.41, 5.74) is 1.01. The summed E-state index contributed by atoms with van der Waals surface area (Å²) in [6.45, 7) is 4.15. The molecule has 3 aliphatic heterocycles. The van der Waals surface area contributed by atoms with Gasteiger partial charge in [-0.3, -0.25) is 44.0 Å². The van der Waals surface area contributed by atoms with E-state index in [0.717, 1.165) is 18.0 Å². The molecular weight excluding hydrogens is 418 g/mol. The molecular formula is C21H25N5O6. The fourth-order valence-corrected chi connectivity index (χ4v) is 4.37. The van der Waals surface area contributed by atoms with Crippen molar-refractivity contribution in [2.75, 3.05) is 51.1 Å². The van der Waals surface area contributed by atoms with Crippen molar-refractivity contribution in [3.8, 4) is 0 Å². The summed E-state index contributed by atoms with van der Waals surface area (Å²) in [4.78, 5) is 65.5. The summed E-state index contributed by atoms with van der Waals surface area (Å²) in [6, 6.07) is 3.98. The number of piperidine rings is 1. The highest BCUT2D eigenvalue weighted by Gasteiger charge is 2.45. The first-order valence-electron chi connectivity index (χ1n) is 10.6. The van der Waals surface area contributed by atoms with Crippen LogP contribution in [0, 0.1) is 0 Å². The summed E-state index contributed by atoms with van der Waals surface area (Å²) in [5.74, 6) is -2.94. The molecule has 1 unspecified atom stereocenters. The fraction of sp³-hybridized carbons (Fsp3) is 0.476. The standard InChI is InChI=1S/C21H25N5O6/c27-16-5-4-15(19(30)23-16)26-20(31)13-2-1-3-14(18(13)21(26)32)22-6-7-24-8-10-25(11-9-24)12-17(28)29/h1-3,15,22H,4-12H2,(H,28,29)(H,23,27,30). The van der Waals surface area contributed by atoms with Crippen LogP contribution < -0.4 is 10.6 Å². The number of anilines is 1. The van der Waals surface area contributed by atoms with Gasteiger partial charge in [-0.1, -0.05) is 6.07 Å². The maximum absolute atomic E-state index is 13.1. The Morgan fingerprint density at radius 1 is 1.06 bits per heavy atom. The third-order valence-corrected chi connectivity index (χ3v) is 6.04. The van der Waals surface area contributed by atoms with Crippen molar-refractivity contribution in [3.05, 3.63) is 29.3 Å². The monoisotopic (exact) mass is 443 g/mol. The Kier molecular flexibility index (Phi) is 6.19. The quantitative estimate of drug-likeness (QED) is 0.462. The second-order valence-corrected chi connectivity index (χ2v) is 8.11. The molecule has 1 atom stereocenters. The zero-order chi connectivity index (χ0) is 22.8. The van der Waals surface area contributed by atoms with E-state index in [2.05, 4.69) is 15.5 Å². The lowest BCUT2D eigenvalue weighted by Gasteiger charge is -2.33. The molecule has 0 bridgehead atoms. The molecule has 4 rings (SSSR count). The second kappa shape index (κ2) is 9.05. The van der Waals surface area contributed by atoms with E-state index in [4.69, 9.17) is 5.11 Å². The number of hydrogen-bond donors (Lipinski definition) is 3. The molecule has 11 heteroatoms. The highest BCUT2D eigenvalue weighted by Crippen LogP contribution is 2.32. The van der Waals surface area contributed by atoms with E-state index >= 15 is 0 Å². The average molecular weight is 443 g/mol. The summed E-state index contributed by atoms with van der Waals surface area (Å²) in [6.07, 6.45) is 0.196. The molecule has 1 aromatic carbocycles. The van der Waals surface area contributed by atoms with Gasteiger partial charge in [0.05, 0.1) is 17.7 Å². The summed E-state index contributed by atoms with van der Waals surface area (Å²) >= 11 is 0. The SMILES string of the molecule is O=C(O)CN1CCN(CCNc2cccc3c2C(=O)N(C2CCC(=O)NC2=O)C3=O)CC1. The van der Waals surface area contributed by atoms with Crippen LogP contribution in [0.3, 0.4) is 0 Å². The number of hydrogen-bond acceptors (Lipinski definition) is 8. The summed E-state index contributed by atoms with van der Waals surface area (Å²) < 4.78 is 0. The van der Waals surface area contributed by atoms with Crippen LogP contribution in [0.1, 0.15) is 33.6 Å². The molecule has 4 amide bonds. The Morgan fingerprint density at radius 3 is 2.47 bits per heavy atom. The average Bonchev–Trinajstić information content (AvgIpc) is 3.00. The molecule has 0 aliphatic carbocycles. The zero-order valence-electron chi connectivity index (χ0n) is 17.5. The minimum absolute atomic E-state index is 0.0437. The van der Waals surface area contributed by atoms with Crippen LogP contribution in [0.4, 0.5) is 5.69 Å². The van der Waals surface area contributed by atoms with Crippen molar-refractivity contribution in [1.82, 2.24) is 20.0 Å². The normalized spacial score (nSPS) is 22.1. The maximum atomic E-state index is 13.1. The maximum Gasteiger partial charge on any atom is 0.317 e. The van der Waals surface area contributed by atoms with Crippen LogP contribution in [0.5, 0.6) is 0 Å². The van der Waals surface area contributed by atoms with Gasteiger partial charge >= 0.3 is 5.97 Å². The van der Waals surface area contributed by atoms with Gasteiger partial charge in [0, 0.05) is 51.4 Å². The van der Waals surface area contributed by atoms with Gasteiger partial charge in [0.25, 0.3) is 11.8 Å². The molecule has 0 radical (unpaired) electrons. The lowest BCUT2D eigenvalue weighted by Crippen LogP contribution is -2.54. The number of rotatable bonds is 7. The van der Waals surface area contributed by atoms with E-state index in [1.807, 2.05) is 4.90 Å². The Labute approximate surface area is 184 Å². The van der Waals surface area contributed by atoms with E-state index in [1.54, 1.807) is 18.2 Å². The van der Waals surface area contributed by atoms with Gasteiger partial charge in [-0.15, -0.1) is 0 Å². The van der Waals surface area contributed by atoms with Crippen molar-refractivity contribution < 1.29 is 29.1 Å². The number of carbonyl (C=O) groups is 5. The third-order valence-electron chi connectivity index (χ3n) is 6.04. The number of carboxylic acids is 1. The largest absolute Gasteiger partial charge is 0.480 e. The van der Waals surface area contributed by atoms with Crippen LogP contribution in [0.15, 0.2) is 18.2 Å². The minimum atomic E-state index is -0.991. The fourth-order valence-electron chi connectivity index (χ4n) is 4.37. The number of carboxylic acid groups (broad SMARTS) is 1. The molecule has 3 heterocycles. The molecule has 170 valence electrons. The van der Waals surface area contributed by atoms with E-state index in [9.17, 15) is 24.0 Å². The lowest BCUT2D eigenvalue weighted by molar-refractivity contribution is -0.139. The smallest absolute Gasteiger partial charge is 0.317 e. The first-order valence-corrected chi connectivity index (χ1v) is 10.6. The molecule has 0 spiro atoms. The highest BCUT2D eigenvalue weighted by molar-refractivity contribution is 6.25. The second-order valence-electron chi connectivity index (χ2n) is 8.11. The topological polar surface area (TPSA) is 139 Å². The predicted molar refractivity (Wildman–Crippen MR) is 112 cm³/mol. The number of benzene rings is 1. The predicted octanol–water partition coefficient (Wildman–Crippen LogP) is -0.798. The number of fused-ring (bicyclic) bond motifs is 1. The Hall–Kier alpha value is -3.31. The van der Waals surface area contributed by atoms with E-state index in [0.29, 0.717) is 31.9 Å².